The van der Waals surface area contributed by atoms with Gasteiger partial charge in [0.25, 0.3) is 0 Å². The SMILES string of the molecule is CCOC(=O)c1nc(CNC(C)C)sc1C(C)=O. The van der Waals surface area contributed by atoms with E-state index < -0.39 is 5.97 Å². The Labute approximate surface area is 111 Å². The Morgan fingerprint density at radius 1 is 1.44 bits per heavy atom. The van der Waals surface area contributed by atoms with E-state index in [0.29, 0.717) is 17.5 Å². The van der Waals surface area contributed by atoms with Crippen molar-refractivity contribution in [3.63, 3.8) is 0 Å². The topological polar surface area (TPSA) is 68.3 Å². The van der Waals surface area contributed by atoms with Crippen LogP contribution in [0.15, 0.2) is 0 Å². The second-order valence-electron chi connectivity index (χ2n) is 4.10. The highest BCUT2D eigenvalue weighted by Gasteiger charge is 2.21. The van der Waals surface area contributed by atoms with Gasteiger partial charge in [-0.1, -0.05) is 13.8 Å². The fourth-order valence-electron chi connectivity index (χ4n) is 1.31. The van der Waals surface area contributed by atoms with E-state index in [9.17, 15) is 9.59 Å². The molecule has 0 aliphatic heterocycles. The molecular formula is C12H18N2O3S. The summed E-state index contributed by atoms with van der Waals surface area (Å²) in [6.07, 6.45) is 0. The normalized spacial score (nSPS) is 10.7. The Kier molecular flexibility index (Phi) is 5.43. The first-order valence-electron chi connectivity index (χ1n) is 5.86. The summed E-state index contributed by atoms with van der Waals surface area (Å²) >= 11 is 1.24. The van der Waals surface area contributed by atoms with Gasteiger partial charge in [-0.05, 0) is 6.92 Å². The van der Waals surface area contributed by atoms with Crippen molar-refractivity contribution in [2.75, 3.05) is 6.61 Å². The fourth-order valence-corrected chi connectivity index (χ4v) is 2.21. The molecule has 0 radical (unpaired) electrons. The molecule has 0 aliphatic rings. The van der Waals surface area contributed by atoms with Gasteiger partial charge in [-0.3, -0.25) is 4.79 Å². The quantitative estimate of drug-likeness (QED) is 0.632. The minimum atomic E-state index is -0.533. The Morgan fingerprint density at radius 3 is 2.61 bits per heavy atom. The smallest absolute Gasteiger partial charge is 0.358 e. The summed E-state index contributed by atoms with van der Waals surface area (Å²) in [6.45, 7) is 8.00. The van der Waals surface area contributed by atoms with Crippen molar-refractivity contribution >= 4 is 23.1 Å². The van der Waals surface area contributed by atoms with Crippen LogP contribution in [0.1, 0.15) is 52.9 Å². The summed E-state index contributed by atoms with van der Waals surface area (Å²) in [7, 11) is 0. The Balaban J connectivity index is 2.93. The second-order valence-corrected chi connectivity index (χ2v) is 5.18. The first-order chi connectivity index (χ1) is 8.45. The lowest BCUT2D eigenvalue weighted by molar-refractivity contribution is 0.0517. The van der Waals surface area contributed by atoms with Crippen LogP contribution in [-0.2, 0) is 11.3 Å². The highest BCUT2D eigenvalue weighted by Crippen LogP contribution is 2.20. The molecule has 0 amide bonds. The summed E-state index contributed by atoms with van der Waals surface area (Å²) in [5.74, 6) is -0.693. The number of nitrogens with one attached hydrogen (secondary N) is 1. The van der Waals surface area contributed by atoms with Crippen LogP contribution in [0.25, 0.3) is 0 Å². The zero-order valence-corrected chi connectivity index (χ0v) is 11.9. The van der Waals surface area contributed by atoms with E-state index in [4.69, 9.17) is 4.74 Å². The summed E-state index contributed by atoms with van der Waals surface area (Å²) in [4.78, 5) is 27.7. The molecule has 0 unspecified atom stereocenters. The molecule has 0 fully saturated rings. The van der Waals surface area contributed by atoms with Crippen LogP contribution in [0.3, 0.4) is 0 Å². The summed E-state index contributed by atoms with van der Waals surface area (Å²) < 4.78 is 4.89. The predicted molar refractivity (Wildman–Crippen MR) is 70.1 cm³/mol. The third-order valence-corrected chi connectivity index (χ3v) is 3.28. The molecule has 18 heavy (non-hydrogen) atoms. The molecule has 0 spiro atoms. The number of Topliss-reactive ketones (excluding diaryl/α,β-unsaturated/α-hetero) is 1. The maximum atomic E-state index is 11.7. The average Bonchev–Trinajstić information content (AvgIpc) is 2.71. The van der Waals surface area contributed by atoms with Gasteiger partial charge in [0, 0.05) is 19.5 Å². The van der Waals surface area contributed by atoms with Crippen molar-refractivity contribution < 1.29 is 14.3 Å². The maximum Gasteiger partial charge on any atom is 0.358 e. The van der Waals surface area contributed by atoms with Crippen molar-refractivity contribution in [1.82, 2.24) is 10.3 Å². The Hall–Kier alpha value is -1.27. The van der Waals surface area contributed by atoms with E-state index in [1.807, 2.05) is 13.8 Å². The number of esters is 1. The number of ether oxygens (including phenoxy) is 1. The lowest BCUT2D eigenvalue weighted by atomic mass is 10.3. The van der Waals surface area contributed by atoms with Crippen molar-refractivity contribution in [2.24, 2.45) is 0 Å². The fraction of sp³-hybridized carbons (Fsp3) is 0.583. The third-order valence-electron chi connectivity index (χ3n) is 2.12. The van der Waals surface area contributed by atoms with Crippen LogP contribution in [0.4, 0.5) is 0 Å². The average molecular weight is 270 g/mol. The molecule has 1 heterocycles. The standard InChI is InChI=1S/C12H18N2O3S/c1-5-17-12(16)10-11(8(4)15)18-9(14-10)6-13-7(2)3/h7,13H,5-6H2,1-4H3. The molecule has 0 aliphatic carbocycles. The number of thiazole rings is 1. The summed E-state index contributed by atoms with van der Waals surface area (Å²) in [5.41, 5.74) is 0.134. The van der Waals surface area contributed by atoms with Crippen LogP contribution < -0.4 is 5.32 Å². The number of hydrogen-bond donors (Lipinski definition) is 1. The number of ketones is 1. The van der Waals surface area contributed by atoms with Crippen molar-refractivity contribution in [3.8, 4) is 0 Å². The van der Waals surface area contributed by atoms with E-state index in [2.05, 4.69) is 10.3 Å². The molecule has 5 nitrogen and oxygen atoms in total. The van der Waals surface area contributed by atoms with Gasteiger partial charge in [-0.2, -0.15) is 0 Å². The molecule has 0 saturated carbocycles. The third kappa shape index (κ3) is 3.89. The molecular weight excluding hydrogens is 252 g/mol. The zero-order valence-electron chi connectivity index (χ0n) is 11.1. The van der Waals surface area contributed by atoms with Crippen LogP contribution >= 0.6 is 11.3 Å². The molecule has 0 aromatic carbocycles. The van der Waals surface area contributed by atoms with E-state index in [1.165, 1.54) is 18.3 Å². The summed E-state index contributed by atoms with van der Waals surface area (Å²) in [5, 5.41) is 3.92. The molecule has 0 bridgehead atoms. The van der Waals surface area contributed by atoms with Gasteiger partial charge in [0.15, 0.2) is 11.5 Å². The number of rotatable bonds is 6. The molecule has 1 N–H and O–H groups in total. The first kappa shape index (κ1) is 14.8. The molecule has 100 valence electrons. The lowest BCUT2D eigenvalue weighted by Crippen LogP contribution is -2.21. The van der Waals surface area contributed by atoms with Crippen molar-refractivity contribution in [1.29, 1.82) is 0 Å². The molecule has 1 aromatic heterocycles. The van der Waals surface area contributed by atoms with Gasteiger partial charge >= 0.3 is 5.97 Å². The van der Waals surface area contributed by atoms with Gasteiger partial charge < -0.3 is 10.1 Å². The lowest BCUT2D eigenvalue weighted by Gasteiger charge is -2.04. The predicted octanol–water partition coefficient (Wildman–Crippen LogP) is 2.02. The zero-order chi connectivity index (χ0) is 13.7. The van der Waals surface area contributed by atoms with Crippen molar-refractivity contribution in [3.05, 3.63) is 15.6 Å². The molecule has 1 aromatic rings. The van der Waals surface area contributed by atoms with Gasteiger partial charge in [-0.25, -0.2) is 9.78 Å². The van der Waals surface area contributed by atoms with Gasteiger partial charge in [0.2, 0.25) is 0 Å². The van der Waals surface area contributed by atoms with Crippen LogP contribution in [0.2, 0.25) is 0 Å². The molecule has 6 heteroatoms. The number of carbonyl (C=O) groups excluding carboxylic acids is 2. The van der Waals surface area contributed by atoms with Crippen LogP contribution in [0, 0.1) is 0 Å². The Bertz CT molecular complexity index is 441. The molecule has 0 atom stereocenters. The summed E-state index contributed by atoms with van der Waals surface area (Å²) in [6, 6.07) is 0.320. The van der Waals surface area contributed by atoms with Crippen LogP contribution in [0.5, 0.6) is 0 Å². The van der Waals surface area contributed by atoms with Gasteiger partial charge in [0.05, 0.1) is 6.61 Å². The minimum absolute atomic E-state index is 0.134. The second kappa shape index (κ2) is 6.61. The first-order valence-corrected chi connectivity index (χ1v) is 6.68. The van der Waals surface area contributed by atoms with Gasteiger partial charge in [0.1, 0.15) is 9.88 Å². The highest BCUT2D eigenvalue weighted by atomic mass is 32.1. The number of hydrogen-bond acceptors (Lipinski definition) is 6. The highest BCUT2D eigenvalue weighted by molar-refractivity contribution is 7.14. The van der Waals surface area contributed by atoms with E-state index in [-0.39, 0.29) is 18.1 Å². The van der Waals surface area contributed by atoms with E-state index in [1.54, 1.807) is 6.92 Å². The number of nitrogens with zero attached hydrogens (tertiary/aromatic N) is 1. The van der Waals surface area contributed by atoms with Crippen LogP contribution in [-0.4, -0.2) is 29.4 Å². The molecule has 1 rings (SSSR count). The molecule has 0 saturated heterocycles. The van der Waals surface area contributed by atoms with Crippen molar-refractivity contribution in [2.45, 2.75) is 40.3 Å². The largest absolute Gasteiger partial charge is 0.461 e. The Morgan fingerprint density at radius 2 is 2.11 bits per heavy atom. The van der Waals surface area contributed by atoms with E-state index >= 15 is 0 Å². The maximum absolute atomic E-state index is 11.7. The minimum Gasteiger partial charge on any atom is -0.461 e. The van der Waals surface area contributed by atoms with Gasteiger partial charge in [-0.15, -0.1) is 11.3 Å². The number of carbonyl (C=O) groups is 2. The monoisotopic (exact) mass is 270 g/mol. The van der Waals surface area contributed by atoms with E-state index in [0.717, 1.165) is 5.01 Å². The number of aromatic nitrogens is 1.